The first kappa shape index (κ1) is 17.3. The molecule has 4 nitrogen and oxygen atoms in total. The van der Waals surface area contributed by atoms with E-state index in [1.165, 1.54) is 4.31 Å². The van der Waals surface area contributed by atoms with Crippen molar-refractivity contribution in [2.75, 3.05) is 25.3 Å². The summed E-state index contributed by atoms with van der Waals surface area (Å²) in [6, 6.07) is 7.44. The van der Waals surface area contributed by atoms with Crippen molar-refractivity contribution in [3.63, 3.8) is 0 Å². The molecule has 1 aromatic rings. The minimum Gasteiger partial charge on any atom is -0.497 e. The first-order valence-electron chi connectivity index (χ1n) is 6.70. The van der Waals surface area contributed by atoms with Crippen molar-refractivity contribution in [3.05, 3.63) is 29.8 Å². The number of unbranched alkanes of at least 4 members (excludes halogenated alkanes) is 1. The summed E-state index contributed by atoms with van der Waals surface area (Å²) in [6.07, 6.45) is 1.33. The Morgan fingerprint density at radius 2 is 1.85 bits per heavy atom. The fourth-order valence-electron chi connectivity index (χ4n) is 1.85. The molecule has 0 aliphatic carbocycles. The molecule has 0 amide bonds. The van der Waals surface area contributed by atoms with Crippen LogP contribution in [0.4, 0.5) is 0 Å². The average Bonchev–Trinajstić information content (AvgIpc) is 2.45. The van der Waals surface area contributed by atoms with Gasteiger partial charge in [-0.15, -0.1) is 11.6 Å². The smallest absolute Gasteiger partial charge is 0.214 e. The molecule has 0 saturated carbocycles. The second-order valence-electron chi connectivity index (χ2n) is 4.49. The lowest BCUT2D eigenvalue weighted by atomic mass is 10.2. The molecule has 0 aromatic heterocycles. The fraction of sp³-hybridized carbons (Fsp3) is 0.571. The molecule has 0 fully saturated rings. The van der Waals surface area contributed by atoms with E-state index in [4.69, 9.17) is 16.3 Å². The summed E-state index contributed by atoms with van der Waals surface area (Å²) in [4.78, 5) is 0. The van der Waals surface area contributed by atoms with Crippen LogP contribution in [0.5, 0.6) is 5.75 Å². The van der Waals surface area contributed by atoms with Gasteiger partial charge in [0.1, 0.15) is 5.75 Å². The van der Waals surface area contributed by atoms with E-state index < -0.39 is 10.0 Å². The molecule has 20 heavy (non-hydrogen) atoms. The van der Waals surface area contributed by atoms with Gasteiger partial charge in [0.25, 0.3) is 0 Å². The number of halogens is 1. The first-order chi connectivity index (χ1) is 9.53. The summed E-state index contributed by atoms with van der Waals surface area (Å²) in [7, 11) is -1.61. The second-order valence-corrected chi connectivity index (χ2v) is 6.95. The van der Waals surface area contributed by atoms with Crippen molar-refractivity contribution in [1.29, 1.82) is 0 Å². The van der Waals surface area contributed by atoms with E-state index in [-0.39, 0.29) is 5.75 Å². The summed E-state index contributed by atoms with van der Waals surface area (Å²) in [6.45, 7) is 2.71. The van der Waals surface area contributed by atoms with E-state index >= 15 is 0 Å². The second kappa shape index (κ2) is 8.49. The lowest BCUT2D eigenvalue weighted by Crippen LogP contribution is -2.32. The Balaban J connectivity index is 2.69. The highest BCUT2D eigenvalue weighted by Gasteiger charge is 2.20. The number of hydrogen-bond acceptors (Lipinski definition) is 3. The monoisotopic (exact) mass is 319 g/mol. The van der Waals surface area contributed by atoms with Crippen molar-refractivity contribution in [2.45, 2.75) is 26.3 Å². The van der Waals surface area contributed by atoms with Crippen LogP contribution in [0.2, 0.25) is 0 Å². The fourth-order valence-corrected chi connectivity index (χ4v) is 3.60. The largest absolute Gasteiger partial charge is 0.497 e. The molecule has 0 unspecified atom stereocenters. The number of methoxy groups -OCH3 is 1. The van der Waals surface area contributed by atoms with E-state index in [2.05, 4.69) is 0 Å². The molecule has 0 atom stereocenters. The van der Waals surface area contributed by atoms with Crippen LogP contribution < -0.4 is 4.74 Å². The van der Waals surface area contributed by atoms with Crippen molar-refractivity contribution in [2.24, 2.45) is 0 Å². The number of alkyl halides is 1. The quantitative estimate of drug-likeness (QED) is 0.519. The SMILES string of the molecule is CCN(Cc1ccc(OC)cc1)S(=O)(=O)CCCCCl. The van der Waals surface area contributed by atoms with Crippen LogP contribution in [0.3, 0.4) is 0 Å². The van der Waals surface area contributed by atoms with E-state index in [1.807, 2.05) is 31.2 Å². The number of hydrogen-bond donors (Lipinski definition) is 0. The van der Waals surface area contributed by atoms with E-state index in [0.717, 1.165) is 17.7 Å². The molecule has 0 N–H and O–H groups in total. The van der Waals surface area contributed by atoms with E-state index in [9.17, 15) is 8.42 Å². The van der Waals surface area contributed by atoms with Gasteiger partial charge in [0.15, 0.2) is 0 Å². The van der Waals surface area contributed by atoms with Gasteiger partial charge >= 0.3 is 0 Å². The predicted octanol–water partition coefficient (Wildman–Crippen LogP) is 2.87. The normalized spacial score (nSPS) is 11.8. The number of nitrogens with zero attached hydrogens (tertiary/aromatic N) is 1. The molecule has 0 radical (unpaired) electrons. The Kier molecular flexibility index (Phi) is 7.34. The number of ether oxygens (including phenoxy) is 1. The Hall–Kier alpha value is -0.780. The minimum absolute atomic E-state index is 0.156. The zero-order valence-corrected chi connectivity index (χ0v) is 13.6. The van der Waals surface area contributed by atoms with Crippen molar-refractivity contribution in [1.82, 2.24) is 4.31 Å². The highest BCUT2D eigenvalue weighted by molar-refractivity contribution is 7.89. The molecule has 0 heterocycles. The Morgan fingerprint density at radius 1 is 1.20 bits per heavy atom. The molecule has 114 valence electrons. The number of sulfonamides is 1. The first-order valence-corrected chi connectivity index (χ1v) is 8.84. The van der Waals surface area contributed by atoms with Crippen LogP contribution in [0, 0.1) is 0 Å². The third-order valence-corrected chi connectivity index (χ3v) is 5.30. The van der Waals surface area contributed by atoms with Gasteiger partial charge < -0.3 is 4.74 Å². The summed E-state index contributed by atoms with van der Waals surface area (Å²) < 4.78 is 31.0. The van der Waals surface area contributed by atoms with Gasteiger partial charge in [0.2, 0.25) is 10.0 Å². The lowest BCUT2D eigenvalue weighted by molar-refractivity contribution is 0.412. The van der Waals surface area contributed by atoms with Crippen molar-refractivity contribution < 1.29 is 13.2 Å². The van der Waals surface area contributed by atoms with Crippen LogP contribution in [0.1, 0.15) is 25.3 Å². The van der Waals surface area contributed by atoms with Gasteiger partial charge in [-0.25, -0.2) is 8.42 Å². The molecule has 0 spiro atoms. The Labute approximate surface area is 126 Å². The van der Waals surface area contributed by atoms with Crippen LogP contribution in [0.25, 0.3) is 0 Å². The molecule has 0 saturated heterocycles. The molecule has 1 rings (SSSR count). The van der Waals surface area contributed by atoms with Gasteiger partial charge in [0, 0.05) is 19.0 Å². The van der Waals surface area contributed by atoms with E-state index in [0.29, 0.717) is 25.4 Å². The Bertz CT molecular complexity index is 488. The zero-order chi connectivity index (χ0) is 15.0. The van der Waals surface area contributed by atoms with Gasteiger partial charge in [-0.1, -0.05) is 19.1 Å². The molecule has 1 aromatic carbocycles. The number of benzene rings is 1. The maximum absolute atomic E-state index is 12.2. The highest BCUT2D eigenvalue weighted by atomic mass is 35.5. The van der Waals surface area contributed by atoms with Crippen molar-refractivity contribution >= 4 is 21.6 Å². The molecule has 0 aliphatic heterocycles. The molecular weight excluding hydrogens is 298 g/mol. The number of rotatable bonds is 9. The van der Waals surface area contributed by atoms with Crippen LogP contribution >= 0.6 is 11.6 Å². The third-order valence-electron chi connectivity index (χ3n) is 3.05. The topological polar surface area (TPSA) is 46.6 Å². The third kappa shape index (κ3) is 5.31. The summed E-state index contributed by atoms with van der Waals surface area (Å²) in [5.74, 6) is 1.42. The Morgan fingerprint density at radius 3 is 2.35 bits per heavy atom. The van der Waals surface area contributed by atoms with Gasteiger partial charge in [-0.05, 0) is 30.5 Å². The van der Waals surface area contributed by atoms with Crippen LogP contribution in [0.15, 0.2) is 24.3 Å². The summed E-state index contributed by atoms with van der Waals surface area (Å²) in [5.41, 5.74) is 0.952. The summed E-state index contributed by atoms with van der Waals surface area (Å²) in [5, 5.41) is 0. The predicted molar refractivity (Wildman–Crippen MR) is 82.8 cm³/mol. The summed E-state index contributed by atoms with van der Waals surface area (Å²) >= 11 is 5.58. The average molecular weight is 320 g/mol. The molecule has 6 heteroatoms. The standard InChI is InChI=1S/C14H22ClNO3S/c1-3-16(20(17,18)11-5-4-10-15)12-13-6-8-14(19-2)9-7-13/h6-9H,3-5,10-12H2,1-2H3. The van der Waals surface area contributed by atoms with Crippen LogP contribution in [-0.4, -0.2) is 38.0 Å². The van der Waals surface area contributed by atoms with Gasteiger partial charge in [-0.3, -0.25) is 0 Å². The maximum atomic E-state index is 12.2. The highest BCUT2D eigenvalue weighted by Crippen LogP contribution is 2.15. The van der Waals surface area contributed by atoms with E-state index in [1.54, 1.807) is 7.11 Å². The zero-order valence-electron chi connectivity index (χ0n) is 12.0. The maximum Gasteiger partial charge on any atom is 0.214 e. The molecule has 0 bridgehead atoms. The minimum atomic E-state index is -3.22. The lowest BCUT2D eigenvalue weighted by Gasteiger charge is -2.20. The van der Waals surface area contributed by atoms with Gasteiger partial charge in [-0.2, -0.15) is 4.31 Å². The molecule has 0 aliphatic rings. The van der Waals surface area contributed by atoms with Gasteiger partial charge in [0.05, 0.1) is 12.9 Å². The van der Waals surface area contributed by atoms with Crippen LogP contribution in [-0.2, 0) is 16.6 Å². The van der Waals surface area contributed by atoms with Crippen molar-refractivity contribution in [3.8, 4) is 5.75 Å². The molecular formula is C14H22ClNO3S.